The number of carbonyl (C=O) groups excluding carboxylic acids is 1. The van der Waals surface area contributed by atoms with Crippen molar-refractivity contribution in [2.24, 2.45) is 5.73 Å². The monoisotopic (exact) mass is 293 g/mol. The number of hydrogen-bond acceptors (Lipinski definition) is 6. The molecule has 0 aromatic carbocycles. The van der Waals surface area contributed by atoms with E-state index in [-0.39, 0.29) is 27.7 Å². The van der Waals surface area contributed by atoms with Gasteiger partial charge in [0.2, 0.25) is 0 Å². The molecule has 0 fully saturated rings. The Morgan fingerprint density at radius 3 is 2.20 bits per heavy atom. The number of thiazole rings is 1. The lowest BCUT2D eigenvalue weighted by molar-refractivity contribution is 0.0680. The summed E-state index contributed by atoms with van der Waals surface area (Å²) in [6.45, 7) is 0. The number of aromatic carboxylic acids is 2. The number of aromatic nitrogens is 2. The fourth-order valence-electron chi connectivity index (χ4n) is 1.43. The maximum Gasteiger partial charge on any atom is 0.355 e. The zero-order valence-electron chi connectivity index (χ0n) is 9.73. The molecule has 0 atom stereocenters. The molecule has 2 aromatic heterocycles. The minimum atomic E-state index is -1.30. The highest BCUT2D eigenvalue weighted by molar-refractivity contribution is 7.13. The van der Waals surface area contributed by atoms with Crippen LogP contribution in [0, 0.1) is 0 Å². The van der Waals surface area contributed by atoms with E-state index in [9.17, 15) is 14.4 Å². The number of nitrogens with two attached hydrogens (primary N) is 1. The normalized spacial score (nSPS) is 10.2. The topological polar surface area (TPSA) is 143 Å². The van der Waals surface area contributed by atoms with Crippen LogP contribution in [0.4, 0.5) is 0 Å². The number of carboxylic acid groups (broad SMARTS) is 2. The van der Waals surface area contributed by atoms with Crippen LogP contribution in [0.3, 0.4) is 0 Å². The van der Waals surface area contributed by atoms with Crippen LogP contribution < -0.4 is 5.73 Å². The lowest BCUT2D eigenvalue weighted by atomic mass is 10.1. The van der Waals surface area contributed by atoms with Gasteiger partial charge in [0.15, 0.2) is 5.69 Å². The van der Waals surface area contributed by atoms with Crippen LogP contribution in [0.5, 0.6) is 0 Å². The molecular weight excluding hydrogens is 286 g/mol. The molecule has 2 rings (SSSR count). The number of carboxylic acids is 2. The molecule has 0 unspecified atom stereocenters. The van der Waals surface area contributed by atoms with Crippen LogP contribution >= 0.6 is 11.3 Å². The van der Waals surface area contributed by atoms with Gasteiger partial charge in [-0.15, -0.1) is 11.3 Å². The van der Waals surface area contributed by atoms with Crippen molar-refractivity contribution in [1.82, 2.24) is 9.97 Å². The highest BCUT2D eigenvalue weighted by atomic mass is 32.1. The Labute approximate surface area is 115 Å². The first-order valence-corrected chi connectivity index (χ1v) is 6.01. The van der Waals surface area contributed by atoms with E-state index < -0.39 is 17.8 Å². The van der Waals surface area contributed by atoms with E-state index in [1.807, 2.05) is 0 Å². The fourth-order valence-corrected chi connectivity index (χ4v) is 2.25. The van der Waals surface area contributed by atoms with Crippen molar-refractivity contribution in [3.05, 3.63) is 34.6 Å². The Morgan fingerprint density at radius 2 is 1.70 bits per heavy atom. The summed E-state index contributed by atoms with van der Waals surface area (Å²) < 4.78 is 0. The minimum Gasteiger partial charge on any atom is -0.477 e. The average Bonchev–Trinajstić information content (AvgIpc) is 2.87. The van der Waals surface area contributed by atoms with Crippen LogP contribution in [0.25, 0.3) is 10.6 Å². The minimum absolute atomic E-state index is 0.178. The van der Waals surface area contributed by atoms with Gasteiger partial charge in [0, 0.05) is 10.9 Å². The second-order valence-electron chi connectivity index (χ2n) is 3.61. The van der Waals surface area contributed by atoms with Gasteiger partial charge in [0.1, 0.15) is 16.4 Å². The predicted molar refractivity (Wildman–Crippen MR) is 67.8 cm³/mol. The molecule has 0 spiro atoms. The second-order valence-corrected chi connectivity index (χ2v) is 4.46. The van der Waals surface area contributed by atoms with Crippen molar-refractivity contribution in [3.63, 3.8) is 0 Å². The average molecular weight is 293 g/mol. The van der Waals surface area contributed by atoms with E-state index in [2.05, 4.69) is 9.97 Å². The van der Waals surface area contributed by atoms with Crippen molar-refractivity contribution < 1.29 is 24.6 Å². The molecule has 8 nitrogen and oxygen atoms in total. The SMILES string of the molecule is NC(=O)c1nc(C(=O)O)ccc1-c1nc(C(=O)O)cs1. The van der Waals surface area contributed by atoms with Gasteiger partial charge in [-0.1, -0.05) is 0 Å². The van der Waals surface area contributed by atoms with E-state index in [0.29, 0.717) is 0 Å². The molecule has 102 valence electrons. The standard InChI is InChI=1S/C11H7N3O5S/c12-8(15)7-4(1-2-5(13-7)10(16)17)9-14-6(3-20-9)11(18)19/h1-3H,(H2,12,15)(H,16,17)(H,18,19). The molecule has 0 aliphatic heterocycles. The van der Waals surface area contributed by atoms with Gasteiger partial charge in [-0.3, -0.25) is 4.79 Å². The molecule has 4 N–H and O–H groups in total. The number of rotatable bonds is 4. The van der Waals surface area contributed by atoms with E-state index in [4.69, 9.17) is 15.9 Å². The summed E-state index contributed by atoms with van der Waals surface area (Å²) in [7, 11) is 0. The third-order valence-corrected chi connectivity index (χ3v) is 3.18. The highest BCUT2D eigenvalue weighted by Gasteiger charge is 2.19. The molecule has 1 amide bonds. The Kier molecular flexibility index (Phi) is 3.44. The van der Waals surface area contributed by atoms with Crippen LogP contribution in [0.15, 0.2) is 17.5 Å². The number of carbonyl (C=O) groups is 3. The van der Waals surface area contributed by atoms with Crippen LogP contribution in [0.1, 0.15) is 31.5 Å². The number of primary amides is 1. The Morgan fingerprint density at radius 1 is 1.05 bits per heavy atom. The summed E-state index contributed by atoms with van der Waals surface area (Å²) in [5.41, 5.74) is 4.57. The summed E-state index contributed by atoms with van der Waals surface area (Å²) in [4.78, 5) is 40.4. The smallest absolute Gasteiger partial charge is 0.355 e. The zero-order valence-corrected chi connectivity index (χ0v) is 10.5. The predicted octanol–water partition coefficient (Wildman–Crippen LogP) is 0.700. The van der Waals surface area contributed by atoms with Crippen molar-refractivity contribution in [1.29, 1.82) is 0 Å². The molecule has 0 aliphatic carbocycles. The first-order chi connectivity index (χ1) is 9.40. The highest BCUT2D eigenvalue weighted by Crippen LogP contribution is 2.26. The van der Waals surface area contributed by atoms with E-state index in [1.165, 1.54) is 17.5 Å². The van der Waals surface area contributed by atoms with Gasteiger partial charge in [-0.25, -0.2) is 19.6 Å². The maximum absolute atomic E-state index is 11.3. The van der Waals surface area contributed by atoms with E-state index >= 15 is 0 Å². The summed E-state index contributed by atoms with van der Waals surface area (Å²) >= 11 is 0.990. The summed E-state index contributed by atoms with van der Waals surface area (Å²) in [5.74, 6) is -3.43. The molecule has 2 aromatic rings. The summed E-state index contributed by atoms with van der Waals surface area (Å²) in [6.07, 6.45) is 0. The lowest BCUT2D eigenvalue weighted by Crippen LogP contribution is -2.16. The zero-order chi connectivity index (χ0) is 14.9. The van der Waals surface area contributed by atoms with Crippen LogP contribution in [-0.2, 0) is 0 Å². The molecule has 2 heterocycles. The van der Waals surface area contributed by atoms with E-state index in [0.717, 1.165) is 11.3 Å². The molecule has 9 heteroatoms. The first-order valence-electron chi connectivity index (χ1n) is 5.13. The first kappa shape index (κ1) is 13.6. The van der Waals surface area contributed by atoms with Crippen molar-refractivity contribution in [2.75, 3.05) is 0 Å². The van der Waals surface area contributed by atoms with Crippen molar-refractivity contribution >= 4 is 29.2 Å². The lowest BCUT2D eigenvalue weighted by Gasteiger charge is -2.03. The molecule has 0 saturated heterocycles. The summed E-state index contributed by atoms with van der Waals surface area (Å²) in [6, 6.07) is 2.51. The van der Waals surface area contributed by atoms with Crippen LogP contribution in [-0.4, -0.2) is 38.0 Å². The maximum atomic E-state index is 11.3. The second kappa shape index (κ2) is 5.05. The number of nitrogens with zero attached hydrogens (tertiary/aromatic N) is 2. The van der Waals surface area contributed by atoms with Gasteiger partial charge in [-0.05, 0) is 12.1 Å². The molecular formula is C11H7N3O5S. The Balaban J connectivity index is 2.57. The number of hydrogen-bond donors (Lipinski definition) is 3. The van der Waals surface area contributed by atoms with Gasteiger partial charge < -0.3 is 15.9 Å². The van der Waals surface area contributed by atoms with E-state index in [1.54, 1.807) is 0 Å². The molecule has 0 bridgehead atoms. The molecule has 0 aliphatic rings. The van der Waals surface area contributed by atoms with Gasteiger partial charge in [-0.2, -0.15) is 0 Å². The summed E-state index contributed by atoms with van der Waals surface area (Å²) in [5, 5.41) is 19.1. The third kappa shape index (κ3) is 2.47. The number of pyridine rings is 1. The van der Waals surface area contributed by atoms with Gasteiger partial charge in [0.25, 0.3) is 5.91 Å². The third-order valence-electron chi connectivity index (χ3n) is 2.30. The Bertz CT molecular complexity index is 725. The van der Waals surface area contributed by atoms with Gasteiger partial charge in [0.05, 0.1) is 0 Å². The number of amides is 1. The van der Waals surface area contributed by atoms with Crippen LogP contribution in [0.2, 0.25) is 0 Å². The quantitative estimate of drug-likeness (QED) is 0.752. The Hall–Kier alpha value is -2.81. The largest absolute Gasteiger partial charge is 0.477 e. The van der Waals surface area contributed by atoms with Crippen molar-refractivity contribution in [3.8, 4) is 10.6 Å². The molecule has 0 saturated carbocycles. The molecule has 20 heavy (non-hydrogen) atoms. The fraction of sp³-hybridized carbons (Fsp3) is 0. The van der Waals surface area contributed by atoms with Crippen molar-refractivity contribution in [2.45, 2.75) is 0 Å². The molecule has 0 radical (unpaired) electrons. The van der Waals surface area contributed by atoms with Gasteiger partial charge >= 0.3 is 11.9 Å².